The summed E-state index contributed by atoms with van der Waals surface area (Å²) < 4.78 is 142. The number of anilines is 5. The molecule has 5 fully saturated rings. The number of morpholine rings is 2. The van der Waals surface area contributed by atoms with Crippen molar-refractivity contribution < 1.29 is 62.1 Å². The van der Waals surface area contributed by atoms with Crippen LogP contribution in [-0.4, -0.2) is 236 Å². The van der Waals surface area contributed by atoms with Crippen LogP contribution < -0.4 is 43.3 Å². The second-order valence-electron chi connectivity index (χ2n) is 29.7. The third-order valence-electron chi connectivity index (χ3n) is 20.7. The molecule has 5 aliphatic rings. The molecule has 32 nitrogen and oxygen atoms in total. The van der Waals surface area contributed by atoms with Crippen LogP contribution in [0, 0.1) is 13.8 Å². The summed E-state index contributed by atoms with van der Waals surface area (Å²) in [6.07, 6.45) is 16.3. The third-order valence-corrected chi connectivity index (χ3v) is 35.2. The number of aryl methyl sites for hydroxylation is 2. The Morgan fingerprint density at radius 1 is 0.463 bits per heavy atom. The first kappa shape index (κ1) is 91.8. The molecule has 0 radical (unpaired) electrons. The average Bonchev–Trinajstić information content (AvgIpc) is 1.68. The summed E-state index contributed by atoms with van der Waals surface area (Å²) in [5, 5.41) is 3.71. The zero-order valence-corrected chi connectivity index (χ0v) is 81.8. The van der Waals surface area contributed by atoms with Crippen molar-refractivity contribution in [3.8, 4) is 68.5 Å². The first-order valence-corrected chi connectivity index (χ1v) is 52.9. The van der Waals surface area contributed by atoms with Crippen molar-refractivity contribution in [1.29, 1.82) is 0 Å². The number of aromatic nitrogens is 12. The van der Waals surface area contributed by atoms with Gasteiger partial charge in [0.2, 0.25) is 67.4 Å². The topological polar surface area (TPSA) is 375 Å². The van der Waals surface area contributed by atoms with Crippen LogP contribution in [0.2, 0.25) is 0 Å². The van der Waals surface area contributed by atoms with Crippen molar-refractivity contribution in [2.45, 2.75) is 94.6 Å². The minimum atomic E-state index is -3.49. The Balaban J connectivity index is 0.000000134. The molecule has 0 aromatic carbocycles. The Morgan fingerprint density at radius 3 is 1.18 bits per heavy atom. The Labute approximate surface area is 763 Å². The normalized spacial score (nSPS) is 15.5. The average molecular weight is 2090 g/mol. The quantitative estimate of drug-likeness (QED) is 0.0621. The lowest BCUT2D eigenvalue weighted by Gasteiger charge is -2.27. The number of nitrogens with zero attached hydrogens (tertiary/aromatic N) is 17. The summed E-state index contributed by atoms with van der Waals surface area (Å²) in [4.78, 5) is 67.1. The van der Waals surface area contributed by atoms with Crippen molar-refractivity contribution >= 4 is 219 Å². The molecule has 12 aromatic rings. The van der Waals surface area contributed by atoms with Gasteiger partial charge in [0.25, 0.3) is 0 Å². The van der Waals surface area contributed by atoms with E-state index in [1.54, 1.807) is 66.5 Å². The number of ether oxygens (including phenoxy) is 6. The predicted octanol–water partition coefficient (Wildman–Crippen LogP) is 15.1. The van der Waals surface area contributed by atoms with E-state index in [4.69, 9.17) is 68.3 Å². The highest BCUT2D eigenvalue weighted by atomic mass is 79.9. The van der Waals surface area contributed by atoms with Crippen molar-refractivity contribution in [2.75, 3.05) is 158 Å². The molecule has 0 atom stereocenters. The van der Waals surface area contributed by atoms with E-state index in [0.717, 1.165) is 175 Å². The minimum absolute atomic E-state index is 0.0465. The van der Waals surface area contributed by atoms with E-state index in [9.17, 15) is 33.7 Å². The maximum Gasteiger partial charge on any atom is 0.238 e. The summed E-state index contributed by atoms with van der Waals surface area (Å²) in [7, 11) is -4.50. The maximum atomic E-state index is 12.7. The fourth-order valence-electron chi connectivity index (χ4n) is 14.1. The van der Waals surface area contributed by atoms with Gasteiger partial charge in [0.15, 0.2) is 19.7 Å². The zero-order valence-electron chi connectivity index (χ0n) is 68.9. The number of methoxy groups -OCH3 is 4. The van der Waals surface area contributed by atoms with Crippen LogP contribution in [0.4, 0.5) is 29.5 Å². The van der Waals surface area contributed by atoms with Crippen molar-refractivity contribution in [1.82, 2.24) is 64.1 Å². The smallest absolute Gasteiger partial charge is 0.238 e. The molecule has 44 heteroatoms. The van der Waals surface area contributed by atoms with Crippen LogP contribution in [0.25, 0.3) is 85.9 Å². The number of halogens is 4. The Bertz CT molecular complexity index is 6400. The standard InChI is InChI=1S/C21H23BrN4O4S2.C20H23BrN4O3S2.C19H22BrN5O4S2.C19H22BrN5O3S2/c1-12-16(22)18-19(31-12)17(24-21(25-18)26-5-7-30-8-6-26)13-9-14(20(29-2)23-10-13)11-32(27,28)15-3-4-15;1-12-15(21)17-18(29-12)16(23-20(24-17)25-7-5-4-6-8-25)13-9-14(11-30(3,26)27)19(28-2)22-10-13;1-24(2)31(26,27)11-13-8-12(9-21-18(13)28-3)15-17-16(14(20)10-30-17)23-19(22-15)25-4-6-29-7-5-25;1-3-30(26,27)24-14-9-12(10-21-18(14)28-2)15-17-16(13(20)11-29-17)23-19(22-15)25-7-5-4-6-8-25/h9-10,15H,3-8,11H2,1-2H3;9-10H,4-8,11H2,1-3H3;8-10H,4-7,11H2,1-3H3;9-11,24H,3-8H2,1-2H3. The first-order valence-electron chi connectivity index (χ1n) is 39.3. The molecule has 4 aliphatic heterocycles. The fourth-order valence-corrected chi connectivity index (χ4v) is 24.5. The molecule has 16 heterocycles. The zero-order chi connectivity index (χ0) is 87.4. The van der Waals surface area contributed by atoms with Gasteiger partial charge < -0.3 is 48.0 Å². The van der Waals surface area contributed by atoms with Gasteiger partial charge in [-0.2, -0.15) is 0 Å². The number of hydrogen-bond acceptors (Lipinski definition) is 34. The van der Waals surface area contributed by atoms with Crippen molar-refractivity contribution in [3.05, 3.63) is 104 Å². The van der Waals surface area contributed by atoms with E-state index >= 15 is 0 Å². The van der Waals surface area contributed by atoms with Gasteiger partial charge in [-0.3, -0.25) is 4.72 Å². The number of thiophene rings is 4. The Morgan fingerprint density at radius 2 is 0.813 bits per heavy atom. The van der Waals surface area contributed by atoms with E-state index < -0.39 is 39.7 Å². The van der Waals surface area contributed by atoms with Gasteiger partial charge in [0.1, 0.15) is 27.8 Å². The van der Waals surface area contributed by atoms with E-state index in [-0.39, 0.29) is 40.0 Å². The number of fused-ring (bicyclic) bond motifs is 4. The molecule has 1 saturated carbocycles. The summed E-state index contributed by atoms with van der Waals surface area (Å²) in [5.41, 5.74) is 11.1. The predicted molar refractivity (Wildman–Crippen MR) is 501 cm³/mol. The number of pyridine rings is 4. The maximum absolute atomic E-state index is 12.7. The highest BCUT2D eigenvalue weighted by Gasteiger charge is 2.37. The number of sulfonamides is 2. The monoisotopic (exact) mass is 2090 g/mol. The highest BCUT2D eigenvalue weighted by molar-refractivity contribution is 9.11. The molecule has 0 amide bonds. The molecule has 17 rings (SSSR count). The van der Waals surface area contributed by atoms with Crippen molar-refractivity contribution in [3.63, 3.8) is 0 Å². The summed E-state index contributed by atoms with van der Waals surface area (Å²) >= 11 is 20.8. The van der Waals surface area contributed by atoms with Crippen LogP contribution >= 0.6 is 109 Å². The van der Waals surface area contributed by atoms with Gasteiger partial charge in [-0.15, -0.1) is 45.3 Å². The largest absolute Gasteiger partial charge is 0.481 e. The van der Waals surface area contributed by atoms with Crippen LogP contribution in [0.5, 0.6) is 23.5 Å². The lowest BCUT2D eigenvalue weighted by molar-refractivity contribution is 0.122. The van der Waals surface area contributed by atoms with Gasteiger partial charge in [0, 0.05) is 157 Å². The van der Waals surface area contributed by atoms with Gasteiger partial charge in [-0.25, -0.2) is 97.8 Å². The number of sulfone groups is 2. The van der Waals surface area contributed by atoms with Crippen LogP contribution in [0.1, 0.15) is 84.7 Å². The molecule has 123 heavy (non-hydrogen) atoms. The molecule has 656 valence electrons. The van der Waals surface area contributed by atoms with Gasteiger partial charge in [-0.05, 0) is 160 Å². The molecular formula is C79H90Br4N18O14S8. The second kappa shape index (κ2) is 39.4. The number of piperidine rings is 2. The third kappa shape index (κ3) is 21.4. The number of nitrogens with one attached hydrogen (secondary N) is 1. The van der Waals surface area contributed by atoms with Gasteiger partial charge in [0.05, 0.1) is 143 Å². The molecule has 0 unspecified atom stereocenters. The highest BCUT2D eigenvalue weighted by Crippen LogP contribution is 2.46. The second-order valence-corrected chi connectivity index (χ2v) is 45.8. The Hall–Kier alpha value is -7.44. The first-order chi connectivity index (χ1) is 58.8. The van der Waals surface area contributed by atoms with Crippen LogP contribution in [0.15, 0.2) is 77.7 Å². The summed E-state index contributed by atoms with van der Waals surface area (Å²) in [5.74, 6) is 3.29. The van der Waals surface area contributed by atoms with Gasteiger partial charge in [-0.1, -0.05) is 0 Å². The van der Waals surface area contributed by atoms with E-state index in [2.05, 4.69) is 108 Å². The van der Waals surface area contributed by atoms with E-state index in [0.29, 0.717) is 114 Å². The molecule has 1 N–H and O–H groups in total. The molecule has 1 aliphatic carbocycles. The minimum Gasteiger partial charge on any atom is -0.481 e. The number of rotatable bonds is 23. The van der Waals surface area contributed by atoms with E-state index in [1.165, 1.54) is 88.6 Å². The SMILES string of the molecule is CCS(=O)(=O)Nc1cc(-c2nc(N3CCCCC3)nc3c(Br)csc23)cnc1OC.COc1ncc(-c2nc(N3CCCCC3)nc3c(Br)c(C)sc23)cc1CS(C)(=O)=O.COc1ncc(-c2nc(N3CCOCC3)nc3c(Br)c(C)sc23)cc1CS(=O)(=O)C1CC1.COc1ncc(-c2nc(N3CCOCC3)nc3c(Br)csc23)cc1CS(=O)(=O)N(C)C. The molecule has 0 spiro atoms. The molecule has 4 saturated heterocycles. The lowest BCUT2D eigenvalue weighted by atomic mass is 10.1. The molecule has 12 aromatic heterocycles. The van der Waals surface area contributed by atoms with E-state index in [1.807, 2.05) is 36.7 Å². The molecular weight excluding hydrogens is 2000 g/mol. The number of hydrogen-bond donors (Lipinski definition) is 1. The van der Waals surface area contributed by atoms with Crippen LogP contribution in [-0.2, 0) is 66.5 Å². The Kier molecular flexibility index (Phi) is 29.4. The fraction of sp³-hybridized carbons (Fsp3) is 0.443. The molecule has 0 bridgehead atoms. The summed E-state index contributed by atoms with van der Waals surface area (Å²) in [6, 6.07) is 7.16. The lowest BCUT2D eigenvalue weighted by Crippen LogP contribution is -2.37. The van der Waals surface area contributed by atoms with Gasteiger partial charge >= 0.3 is 0 Å². The van der Waals surface area contributed by atoms with Crippen LogP contribution in [0.3, 0.4) is 0 Å². The van der Waals surface area contributed by atoms with Crippen molar-refractivity contribution in [2.24, 2.45) is 0 Å². The summed E-state index contributed by atoms with van der Waals surface area (Å²) in [6.45, 7) is 14.7.